The van der Waals surface area contributed by atoms with Gasteiger partial charge in [-0.05, 0) is 50.3 Å². The summed E-state index contributed by atoms with van der Waals surface area (Å²) in [5.74, 6) is 0.519. The Balaban J connectivity index is 1.41. The van der Waals surface area contributed by atoms with Gasteiger partial charge in [-0.1, -0.05) is 23.7 Å². The van der Waals surface area contributed by atoms with Gasteiger partial charge in [0, 0.05) is 35.8 Å². The number of amides is 1. The fraction of sp³-hybridized carbons (Fsp3) is 0.500. The van der Waals surface area contributed by atoms with Crippen LogP contribution >= 0.6 is 11.6 Å². The van der Waals surface area contributed by atoms with E-state index in [-0.39, 0.29) is 23.4 Å². The molecule has 160 valence electrons. The lowest BCUT2D eigenvalue weighted by Gasteiger charge is -2.43. The first-order valence-corrected chi connectivity index (χ1v) is 10.8. The van der Waals surface area contributed by atoms with Crippen LogP contribution in [0.3, 0.4) is 0 Å². The quantitative estimate of drug-likeness (QED) is 0.735. The molecule has 30 heavy (non-hydrogen) atoms. The van der Waals surface area contributed by atoms with Gasteiger partial charge in [0.2, 0.25) is 11.9 Å². The number of aromatic nitrogens is 2. The van der Waals surface area contributed by atoms with Gasteiger partial charge in [-0.3, -0.25) is 14.6 Å². The van der Waals surface area contributed by atoms with E-state index in [4.69, 9.17) is 16.3 Å². The van der Waals surface area contributed by atoms with Gasteiger partial charge in [0.1, 0.15) is 0 Å². The molecule has 1 aromatic carbocycles. The standard InChI is InChI=1S/C22H27ClN4O3/c1-15-18(20(29)25-21(24-15)27-11-13-30-14-12-27)7-8-19(28)26-22(9-2-10-22)16-3-5-17(23)6-4-16/h3-6H,2,7-14H2,1H3,(H,26,28)(H,24,25,29). The SMILES string of the molecule is Cc1nc(N2CCOCC2)[nH]c(=O)c1CCC(=O)NC1(c2ccc(Cl)cc2)CCC1. The Bertz CT molecular complexity index is 963. The summed E-state index contributed by atoms with van der Waals surface area (Å²) in [5, 5.41) is 3.88. The highest BCUT2D eigenvalue weighted by atomic mass is 35.5. The lowest BCUT2D eigenvalue weighted by Crippen LogP contribution is -2.50. The van der Waals surface area contributed by atoms with E-state index in [1.54, 1.807) is 0 Å². The molecule has 1 amide bonds. The van der Waals surface area contributed by atoms with Crippen LogP contribution in [0.15, 0.2) is 29.1 Å². The van der Waals surface area contributed by atoms with Crippen molar-refractivity contribution in [3.05, 3.63) is 56.5 Å². The van der Waals surface area contributed by atoms with Gasteiger partial charge in [-0.25, -0.2) is 4.98 Å². The molecule has 2 N–H and O–H groups in total. The maximum Gasteiger partial charge on any atom is 0.255 e. The van der Waals surface area contributed by atoms with Crippen LogP contribution in [0.5, 0.6) is 0 Å². The molecule has 1 aromatic heterocycles. The number of rotatable bonds is 6. The fourth-order valence-corrected chi connectivity index (χ4v) is 4.29. The van der Waals surface area contributed by atoms with Gasteiger partial charge < -0.3 is 15.0 Å². The van der Waals surface area contributed by atoms with Crippen molar-refractivity contribution in [2.75, 3.05) is 31.2 Å². The summed E-state index contributed by atoms with van der Waals surface area (Å²) in [7, 11) is 0. The molecule has 1 saturated heterocycles. The van der Waals surface area contributed by atoms with E-state index < -0.39 is 0 Å². The molecule has 2 heterocycles. The summed E-state index contributed by atoms with van der Waals surface area (Å²) in [5.41, 5.74) is 1.83. The largest absolute Gasteiger partial charge is 0.378 e. The smallest absolute Gasteiger partial charge is 0.255 e. The van der Waals surface area contributed by atoms with E-state index in [0.29, 0.717) is 55.0 Å². The number of anilines is 1. The summed E-state index contributed by atoms with van der Waals surface area (Å²) in [6.07, 6.45) is 3.51. The Morgan fingerprint density at radius 3 is 2.57 bits per heavy atom. The number of carbonyl (C=O) groups is 1. The zero-order valence-corrected chi connectivity index (χ0v) is 17.9. The monoisotopic (exact) mass is 430 g/mol. The molecule has 4 rings (SSSR count). The Morgan fingerprint density at radius 2 is 1.97 bits per heavy atom. The van der Waals surface area contributed by atoms with Crippen LogP contribution in [0.2, 0.25) is 5.02 Å². The second kappa shape index (κ2) is 8.78. The first-order valence-electron chi connectivity index (χ1n) is 10.5. The number of benzene rings is 1. The van der Waals surface area contributed by atoms with Crippen LogP contribution in [0.4, 0.5) is 5.95 Å². The predicted molar refractivity (Wildman–Crippen MR) is 116 cm³/mol. The number of ether oxygens (including phenoxy) is 1. The molecule has 7 nitrogen and oxygen atoms in total. The van der Waals surface area contributed by atoms with Crippen molar-refractivity contribution in [3.8, 4) is 0 Å². The Kier molecular flexibility index (Phi) is 6.11. The minimum atomic E-state index is -0.318. The summed E-state index contributed by atoms with van der Waals surface area (Å²) < 4.78 is 5.35. The number of hydrogen-bond donors (Lipinski definition) is 2. The first kappa shape index (κ1) is 20.9. The number of nitrogens with zero attached hydrogens (tertiary/aromatic N) is 2. The van der Waals surface area contributed by atoms with E-state index in [0.717, 1.165) is 24.8 Å². The average Bonchev–Trinajstić information content (AvgIpc) is 2.71. The highest BCUT2D eigenvalue weighted by molar-refractivity contribution is 6.30. The second-order valence-corrected chi connectivity index (χ2v) is 8.48. The van der Waals surface area contributed by atoms with Crippen molar-refractivity contribution in [1.29, 1.82) is 0 Å². The second-order valence-electron chi connectivity index (χ2n) is 8.04. The number of morpholine rings is 1. The number of carbonyl (C=O) groups excluding carboxylic acids is 1. The molecular weight excluding hydrogens is 404 g/mol. The predicted octanol–water partition coefficient (Wildman–Crippen LogP) is 2.70. The topological polar surface area (TPSA) is 87.3 Å². The Hall–Kier alpha value is -2.38. The lowest BCUT2D eigenvalue weighted by molar-refractivity contribution is -0.124. The van der Waals surface area contributed by atoms with Crippen LogP contribution in [0.25, 0.3) is 0 Å². The number of nitrogens with one attached hydrogen (secondary N) is 2. The minimum absolute atomic E-state index is 0.0549. The Labute approximate surface area is 180 Å². The van der Waals surface area contributed by atoms with Crippen LogP contribution in [-0.4, -0.2) is 42.2 Å². The van der Waals surface area contributed by atoms with Crippen molar-refractivity contribution in [2.45, 2.75) is 44.6 Å². The van der Waals surface area contributed by atoms with Crippen LogP contribution < -0.4 is 15.8 Å². The van der Waals surface area contributed by atoms with Gasteiger partial charge in [0.15, 0.2) is 0 Å². The number of hydrogen-bond acceptors (Lipinski definition) is 5. The summed E-state index contributed by atoms with van der Waals surface area (Å²) in [6.45, 7) is 4.49. The third-order valence-corrected chi connectivity index (χ3v) is 6.36. The summed E-state index contributed by atoms with van der Waals surface area (Å²) >= 11 is 6.00. The third kappa shape index (κ3) is 4.37. The molecule has 0 spiro atoms. The van der Waals surface area contributed by atoms with Gasteiger partial charge >= 0.3 is 0 Å². The molecule has 1 aliphatic heterocycles. The van der Waals surface area contributed by atoms with Crippen LogP contribution in [-0.2, 0) is 21.5 Å². The highest BCUT2D eigenvalue weighted by Crippen LogP contribution is 2.41. The molecule has 0 bridgehead atoms. The molecule has 1 aliphatic carbocycles. The van der Waals surface area contributed by atoms with Crippen molar-refractivity contribution in [2.24, 2.45) is 0 Å². The molecular formula is C22H27ClN4O3. The summed E-state index contributed by atoms with van der Waals surface area (Å²) in [6, 6.07) is 7.66. The molecule has 0 atom stereocenters. The maximum atomic E-state index is 12.7. The van der Waals surface area contributed by atoms with E-state index in [1.165, 1.54) is 0 Å². The first-order chi connectivity index (χ1) is 14.5. The van der Waals surface area contributed by atoms with Gasteiger partial charge in [-0.15, -0.1) is 0 Å². The third-order valence-electron chi connectivity index (χ3n) is 6.11. The van der Waals surface area contributed by atoms with E-state index >= 15 is 0 Å². The highest BCUT2D eigenvalue weighted by Gasteiger charge is 2.39. The van der Waals surface area contributed by atoms with E-state index in [2.05, 4.69) is 15.3 Å². The minimum Gasteiger partial charge on any atom is -0.378 e. The summed E-state index contributed by atoms with van der Waals surface area (Å²) in [4.78, 5) is 34.8. The van der Waals surface area contributed by atoms with Crippen molar-refractivity contribution >= 4 is 23.5 Å². The fourth-order valence-electron chi connectivity index (χ4n) is 4.17. The molecule has 0 radical (unpaired) electrons. The zero-order chi connectivity index (χ0) is 21.1. The number of aromatic amines is 1. The van der Waals surface area contributed by atoms with Gasteiger partial charge in [-0.2, -0.15) is 0 Å². The zero-order valence-electron chi connectivity index (χ0n) is 17.2. The van der Waals surface area contributed by atoms with E-state index in [9.17, 15) is 9.59 Å². The number of halogens is 1. The van der Waals surface area contributed by atoms with Crippen molar-refractivity contribution < 1.29 is 9.53 Å². The van der Waals surface area contributed by atoms with Gasteiger partial charge in [0.25, 0.3) is 5.56 Å². The van der Waals surface area contributed by atoms with Gasteiger partial charge in [0.05, 0.1) is 18.8 Å². The van der Waals surface area contributed by atoms with Crippen molar-refractivity contribution in [3.63, 3.8) is 0 Å². The van der Waals surface area contributed by atoms with E-state index in [1.807, 2.05) is 36.1 Å². The molecule has 2 fully saturated rings. The molecule has 1 saturated carbocycles. The lowest BCUT2D eigenvalue weighted by atomic mass is 9.71. The Morgan fingerprint density at radius 1 is 1.27 bits per heavy atom. The molecule has 8 heteroatoms. The number of aryl methyl sites for hydroxylation is 1. The average molecular weight is 431 g/mol. The number of H-pyrrole nitrogens is 1. The molecule has 2 aliphatic rings. The van der Waals surface area contributed by atoms with Crippen molar-refractivity contribution in [1.82, 2.24) is 15.3 Å². The maximum absolute atomic E-state index is 12.7. The van der Waals surface area contributed by atoms with Crippen LogP contribution in [0, 0.1) is 6.92 Å². The molecule has 0 unspecified atom stereocenters. The van der Waals surface area contributed by atoms with Crippen LogP contribution in [0.1, 0.15) is 42.5 Å². The normalized spacial score (nSPS) is 18.0. The molecule has 2 aromatic rings.